The van der Waals surface area contributed by atoms with Crippen LogP contribution in [0, 0.1) is 12.8 Å². The summed E-state index contributed by atoms with van der Waals surface area (Å²) in [7, 11) is 0. The molecular formula is C28H41N2O+. The van der Waals surface area contributed by atoms with E-state index in [-0.39, 0.29) is 0 Å². The van der Waals surface area contributed by atoms with Gasteiger partial charge in [-0.15, -0.1) is 0 Å². The van der Waals surface area contributed by atoms with E-state index >= 15 is 0 Å². The first-order valence-corrected chi connectivity index (χ1v) is 12.8. The van der Waals surface area contributed by atoms with Gasteiger partial charge in [0.2, 0.25) is 0 Å². The predicted octanol–water partition coefficient (Wildman–Crippen LogP) is 5.65. The molecule has 3 fully saturated rings. The summed E-state index contributed by atoms with van der Waals surface area (Å²) >= 11 is 0. The zero-order chi connectivity index (χ0) is 21.3. The van der Waals surface area contributed by atoms with Crippen LogP contribution in [0.3, 0.4) is 0 Å². The van der Waals surface area contributed by atoms with E-state index in [2.05, 4.69) is 55.2 Å². The second kappa shape index (κ2) is 9.11. The van der Waals surface area contributed by atoms with Crippen molar-refractivity contribution in [1.82, 2.24) is 0 Å². The van der Waals surface area contributed by atoms with Gasteiger partial charge >= 0.3 is 0 Å². The van der Waals surface area contributed by atoms with Crippen LogP contribution in [0.4, 0.5) is 5.69 Å². The van der Waals surface area contributed by atoms with E-state index in [9.17, 15) is 0 Å². The highest BCUT2D eigenvalue weighted by atomic mass is 16.5. The van der Waals surface area contributed by atoms with Crippen molar-refractivity contribution in [3.05, 3.63) is 53.1 Å². The SMILES string of the molecule is Cc1ccccc1N(CCC1CCCC[N+]12CCOCC2)C1CC2=CCC(C)C=C2C1. The molecule has 0 N–H and O–H groups in total. The van der Waals surface area contributed by atoms with Crippen molar-refractivity contribution >= 4 is 5.69 Å². The zero-order valence-corrected chi connectivity index (χ0v) is 19.7. The van der Waals surface area contributed by atoms with Gasteiger partial charge in [-0.2, -0.15) is 0 Å². The fourth-order valence-electron chi connectivity index (χ4n) is 6.84. The van der Waals surface area contributed by atoms with Gasteiger partial charge in [-0.05, 0) is 74.1 Å². The molecule has 2 saturated heterocycles. The third kappa shape index (κ3) is 4.36. The molecule has 1 saturated carbocycles. The minimum absolute atomic E-state index is 0.616. The van der Waals surface area contributed by atoms with Gasteiger partial charge in [0.15, 0.2) is 0 Å². The summed E-state index contributed by atoms with van der Waals surface area (Å²) < 4.78 is 7.10. The first-order chi connectivity index (χ1) is 15.1. The lowest BCUT2D eigenvalue weighted by atomic mass is 9.94. The quantitative estimate of drug-likeness (QED) is 0.570. The van der Waals surface area contributed by atoms with Crippen molar-refractivity contribution in [1.29, 1.82) is 0 Å². The average molecular weight is 422 g/mol. The normalized spacial score (nSPS) is 29.9. The van der Waals surface area contributed by atoms with Gasteiger partial charge in [0.25, 0.3) is 0 Å². The smallest absolute Gasteiger partial charge is 0.103 e. The van der Waals surface area contributed by atoms with Gasteiger partial charge in [-0.3, -0.25) is 0 Å². The molecule has 1 aromatic rings. The number of rotatable bonds is 5. The number of benzene rings is 1. The summed E-state index contributed by atoms with van der Waals surface area (Å²) in [5.74, 6) is 0.706. The molecule has 3 atom stereocenters. The van der Waals surface area contributed by atoms with Crippen molar-refractivity contribution in [2.45, 2.75) is 70.9 Å². The summed E-state index contributed by atoms with van der Waals surface area (Å²) in [6, 6.07) is 10.5. The Morgan fingerprint density at radius 1 is 1.03 bits per heavy atom. The Morgan fingerprint density at radius 2 is 1.84 bits per heavy atom. The third-order valence-electron chi connectivity index (χ3n) is 8.64. The van der Waals surface area contributed by atoms with Crippen LogP contribution in [0.2, 0.25) is 0 Å². The Kier molecular flexibility index (Phi) is 6.25. The van der Waals surface area contributed by atoms with E-state index < -0.39 is 0 Å². The Balaban J connectivity index is 1.37. The monoisotopic (exact) mass is 421 g/mol. The first kappa shape index (κ1) is 21.3. The maximum atomic E-state index is 5.76. The van der Waals surface area contributed by atoms with E-state index in [4.69, 9.17) is 4.74 Å². The molecule has 1 aromatic carbocycles. The van der Waals surface area contributed by atoms with Crippen LogP contribution in [-0.2, 0) is 4.74 Å². The molecule has 3 nitrogen and oxygen atoms in total. The van der Waals surface area contributed by atoms with Crippen LogP contribution in [0.25, 0.3) is 0 Å². The van der Waals surface area contributed by atoms with Gasteiger partial charge < -0.3 is 14.1 Å². The predicted molar refractivity (Wildman–Crippen MR) is 129 cm³/mol. The fourth-order valence-corrected chi connectivity index (χ4v) is 6.84. The summed E-state index contributed by atoms with van der Waals surface area (Å²) in [5.41, 5.74) is 6.16. The maximum Gasteiger partial charge on any atom is 0.103 e. The Hall–Kier alpha value is -1.58. The van der Waals surface area contributed by atoms with Crippen LogP contribution in [-0.4, -0.2) is 56.0 Å². The highest BCUT2D eigenvalue weighted by molar-refractivity contribution is 5.56. The topological polar surface area (TPSA) is 12.5 Å². The Morgan fingerprint density at radius 3 is 2.68 bits per heavy atom. The average Bonchev–Trinajstić information content (AvgIpc) is 3.20. The molecule has 5 rings (SSSR count). The Labute approximate surface area is 189 Å². The molecule has 2 aliphatic carbocycles. The van der Waals surface area contributed by atoms with Crippen molar-refractivity contribution < 1.29 is 9.22 Å². The van der Waals surface area contributed by atoms with Crippen LogP contribution >= 0.6 is 0 Å². The van der Waals surface area contributed by atoms with Crippen LogP contribution < -0.4 is 4.90 Å². The van der Waals surface area contributed by atoms with E-state index in [0.29, 0.717) is 12.0 Å². The molecule has 31 heavy (non-hydrogen) atoms. The molecule has 0 bridgehead atoms. The molecule has 0 radical (unpaired) electrons. The second-order valence-electron chi connectivity index (χ2n) is 10.6. The number of aryl methyl sites for hydroxylation is 1. The third-order valence-corrected chi connectivity index (χ3v) is 8.64. The minimum Gasteiger partial charge on any atom is -0.370 e. The summed E-state index contributed by atoms with van der Waals surface area (Å²) in [6.45, 7) is 11.6. The molecule has 2 aliphatic heterocycles. The standard InChI is InChI=1S/C28H41N2O/c1-22-10-11-24-20-26(21-25(24)19-22)29(28-9-4-3-7-23(28)2)13-12-27-8-5-6-14-30(27)15-17-31-18-16-30/h3-4,7,9,11,19,22,26-27H,5-6,8,10,12-18,20-21H2,1-2H3/q+1. The number of para-hydroxylation sites is 1. The molecular weight excluding hydrogens is 380 g/mol. The number of morpholine rings is 1. The highest BCUT2D eigenvalue weighted by Crippen LogP contribution is 2.41. The number of quaternary nitrogens is 1. The maximum absolute atomic E-state index is 5.76. The zero-order valence-electron chi connectivity index (χ0n) is 19.7. The van der Waals surface area contributed by atoms with E-state index in [1.807, 2.05) is 0 Å². The van der Waals surface area contributed by atoms with Gasteiger partial charge in [0.1, 0.15) is 13.1 Å². The summed E-state index contributed by atoms with van der Waals surface area (Å²) in [5, 5.41) is 0. The molecule has 0 amide bonds. The number of ether oxygens (including phenoxy) is 1. The van der Waals surface area contributed by atoms with Gasteiger partial charge in [-0.1, -0.05) is 37.3 Å². The molecule has 3 unspecified atom stereocenters. The van der Waals surface area contributed by atoms with Gasteiger partial charge in [0, 0.05) is 24.7 Å². The highest BCUT2D eigenvalue weighted by Gasteiger charge is 2.41. The van der Waals surface area contributed by atoms with E-state index in [1.54, 1.807) is 11.1 Å². The molecule has 4 aliphatic rings. The molecule has 168 valence electrons. The van der Waals surface area contributed by atoms with Crippen molar-refractivity contribution in [2.75, 3.05) is 44.3 Å². The molecule has 1 spiro atoms. The lowest BCUT2D eigenvalue weighted by molar-refractivity contribution is -0.962. The van der Waals surface area contributed by atoms with Crippen molar-refractivity contribution in [2.24, 2.45) is 5.92 Å². The number of allylic oxidation sites excluding steroid dienone is 2. The summed E-state index contributed by atoms with van der Waals surface area (Å²) in [6.07, 6.45) is 14.3. The number of hydrogen-bond acceptors (Lipinski definition) is 2. The van der Waals surface area contributed by atoms with Crippen LogP contribution in [0.1, 0.15) is 57.4 Å². The van der Waals surface area contributed by atoms with Gasteiger partial charge in [-0.25, -0.2) is 0 Å². The molecule has 0 aromatic heterocycles. The molecule has 2 heterocycles. The largest absolute Gasteiger partial charge is 0.370 e. The number of piperidine rings is 1. The van der Waals surface area contributed by atoms with Crippen molar-refractivity contribution in [3.8, 4) is 0 Å². The lowest BCUT2D eigenvalue weighted by Crippen LogP contribution is -2.63. The number of fused-ring (bicyclic) bond motifs is 1. The lowest BCUT2D eigenvalue weighted by Gasteiger charge is -2.50. The Bertz CT molecular complexity index is 827. The second-order valence-corrected chi connectivity index (χ2v) is 10.6. The fraction of sp³-hybridized carbons (Fsp3) is 0.643. The first-order valence-electron chi connectivity index (χ1n) is 12.8. The number of anilines is 1. The number of nitrogens with zero attached hydrogens (tertiary/aromatic N) is 2. The summed E-state index contributed by atoms with van der Waals surface area (Å²) in [4.78, 5) is 2.80. The minimum atomic E-state index is 0.616. The van der Waals surface area contributed by atoms with Crippen LogP contribution in [0.5, 0.6) is 0 Å². The van der Waals surface area contributed by atoms with Crippen LogP contribution in [0.15, 0.2) is 47.6 Å². The van der Waals surface area contributed by atoms with Gasteiger partial charge in [0.05, 0.1) is 25.8 Å². The van der Waals surface area contributed by atoms with E-state index in [1.165, 1.54) is 86.9 Å². The number of hydrogen-bond donors (Lipinski definition) is 0. The molecule has 3 heteroatoms. The van der Waals surface area contributed by atoms with E-state index in [0.717, 1.165) is 19.3 Å². The van der Waals surface area contributed by atoms with Crippen molar-refractivity contribution in [3.63, 3.8) is 0 Å².